The lowest BCUT2D eigenvalue weighted by molar-refractivity contribution is -0.135. The number of amidine groups is 1. The van der Waals surface area contributed by atoms with Crippen LogP contribution in [0.2, 0.25) is 0 Å². The monoisotopic (exact) mass is 333 g/mol. The molecule has 1 heterocycles. The number of carbonyl (C=O) groups is 3. The summed E-state index contributed by atoms with van der Waals surface area (Å²) in [4.78, 5) is 33.9. The number of hydrogen-bond donors (Lipinski definition) is 2. The molecule has 0 bridgehead atoms. The molecule has 0 spiro atoms. The highest BCUT2D eigenvalue weighted by molar-refractivity contribution is 8.18. The van der Waals surface area contributed by atoms with Crippen LogP contribution < -0.4 is 5.32 Å². The van der Waals surface area contributed by atoms with Gasteiger partial charge in [-0.2, -0.15) is 5.10 Å². The van der Waals surface area contributed by atoms with E-state index in [0.29, 0.717) is 5.56 Å². The van der Waals surface area contributed by atoms with Gasteiger partial charge in [0.1, 0.15) is 0 Å². The highest BCUT2D eigenvalue weighted by Gasteiger charge is 2.25. The summed E-state index contributed by atoms with van der Waals surface area (Å²) in [5.74, 6) is -2.21. The summed E-state index contributed by atoms with van der Waals surface area (Å²) in [5, 5.41) is 19.2. The number of methoxy groups -OCH3 is 1. The van der Waals surface area contributed by atoms with E-state index in [-0.39, 0.29) is 15.6 Å². The number of benzene rings is 1. The second kappa shape index (κ2) is 7.36. The molecule has 23 heavy (non-hydrogen) atoms. The molecule has 1 aliphatic heterocycles. The summed E-state index contributed by atoms with van der Waals surface area (Å²) in [7, 11) is 1.20. The van der Waals surface area contributed by atoms with Crippen LogP contribution in [0.5, 0.6) is 0 Å². The molecule has 0 radical (unpaired) electrons. The van der Waals surface area contributed by atoms with E-state index >= 15 is 0 Å². The zero-order valence-corrected chi connectivity index (χ0v) is 12.7. The van der Waals surface area contributed by atoms with Crippen molar-refractivity contribution in [3.05, 3.63) is 46.4 Å². The van der Waals surface area contributed by atoms with E-state index in [0.717, 1.165) is 17.8 Å². The molecule has 1 saturated heterocycles. The molecule has 8 nitrogen and oxygen atoms in total. The van der Waals surface area contributed by atoms with Gasteiger partial charge in [0.05, 0.1) is 23.8 Å². The fourth-order valence-corrected chi connectivity index (χ4v) is 2.33. The minimum absolute atomic E-state index is 0.0887. The number of nitrogens with zero attached hydrogens (tertiary/aromatic N) is 2. The van der Waals surface area contributed by atoms with E-state index in [9.17, 15) is 14.4 Å². The second-order valence-electron chi connectivity index (χ2n) is 4.13. The van der Waals surface area contributed by atoms with E-state index in [1.54, 1.807) is 18.2 Å². The Balaban J connectivity index is 2.13. The molecular formula is C14H11N3O5S. The van der Waals surface area contributed by atoms with Crippen molar-refractivity contribution in [3.8, 4) is 0 Å². The SMILES string of the molecule is COC(=O)/C=C1/S/C(=N\N=Cc2ccccc2C(=O)O)NC1=O. The number of hydrogen-bond acceptors (Lipinski definition) is 7. The fourth-order valence-electron chi connectivity index (χ4n) is 1.59. The predicted molar refractivity (Wildman–Crippen MR) is 84.3 cm³/mol. The van der Waals surface area contributed by atoms with Crippen LogP contribution in [0.1, 0.15) is 15.9 Å². The summed E-state index contributed by atoms with van der Waals surface area (Å²) in [6.45, 7) is 0. The Morgan fingerprint density at radius 3 is 2.78 bits per heavy atom. The molecule has 1 fully saturated rings. The number of aromatic carboxylic acids is 1. The van der Waals surface area contributed by atoms with Crippen LogP contribution in [-0.2, 0) is 14.3 Å². The standard InChI is InChI=1S/C14H11N3O5S/c1-22-11(18)6-10-12(19)16-14(23-10)17-15-7-8-4-2-3-5-9(8)13(20)21/h2-7H,1H3,(H,20,21)(H,16,17,19)/b10-6+,15-7?. The van der Waals surface area contributed by atoms with Gasteiger partial charge in [-0.1, -0.05) is 18.2 Å². The molecule has 0 aromatic heterocycles. The van der Waals surface area contributed by atoms with Gasteiger partial charge >= 0.3 is 11.9 Å². The van der Waals surface area contributed by atoms with Crippen molar-refractivity contribution >= 4 is 41.0 Å². The largest absolute Gasteiger partial charge is 0.478 e. The van der Waals surface area contributed by atoms with Crippen LogP contribution in [0, 0.1) is 0 Å². The van der Waals surface area contributed by atoms with Crippen LogP contribution in [0.15, 0.2) is 45.4 Å². The molecule has 0 aliphatic carbocycles. The lowest BCUT2D eigenvalue weighted by Crippen LogP contribution is -2.19. The molecule has 0 atom stereocenters. The minimum atomic E-state index is -1.08. The molecule has 9 heteroatoms. The molecule has 118 valence electrons. The van der Waals surface area contributed by atoms with E-state index < -0.39 is 17.8 Å². The number of carboxylic acids is 1. The van der Waals surface area contributed by atoms with Crippen LogP contribution in [0.25, 0.3) is 0 Å². The molecule has 1 amide bonds. The van der Waals surface area contributed by atoms with Gasteiger partial charge in [-0.05, 0) is 17.8 Å². The Morgan fingerprint density at radius 2 is 2.09 bits per heavy atom. The van der Waals surface area contributed by atoms with E-state index in [1.165, 1.54) is 19.4 Å². The van der Waals surface area contributed by atoms with Crippen molar-refractivity contribution in [1.29, 1.82) is 0 Å². The summed E-state index contributed by atoms with van der Waals surface area (Å²) in [5.41, 5.74) is 0.467. The maximum Gasteiger partial charge on any atom is 0.336 e. The first-order valence-corrected chi connectivity index (χ1v) is 7.05. The average Bonchev–Trinajstić information content (AvgIpc) is 2.87. The number of rotatable bonds is 4. The number of carboxylic acid groups (broad SMARTS) is 1. The Labute approximate surface area is 134 Å². The van der Waals surface area contributed by atoms with Crippen molar-refractivity contribution in [2.45, 2.75) is 0 Å². The molecule has 0 unspecified atom stereocenters. The van der Waals surface area contributed by atoms with Crippen LogP contribution in [-0.4, -0.2) is 41.4 Å². The molecule has 2 rings (SSSR count). The lowest BCUT2D eigenvalue weighted by Gasteiger charge is -1.98. The van der Waals surface area contributed by atoms with Gasteiger partial charge in [0.15, 0.2) is 5.17 Å². The Hall–Kier alpha value is -2.94. The summed E-state index contributed by atoms with van der Waals surface area (Å²) >= 11 is 0.928. The van der Waals surface area contributed by atoms with Gasteiger partial charge < -0.3 is 9.84 Å². The first kappa shape index (κ1) is 16.4. The zero-order valence-electron chi connectivity index (χ0n) is 11.8. The molecule has 1 aliphatic rings. The van der Waals surface area contributed by atoms with Crippen LogP contribution >= 0.6 is 11.8 Å². The Bertz CT molecular complexity index is 755. The molecule has 1 aromatic rings. The maximum atomic E-state index is 11.6. The first-order valence-electron chi connectivity index (χ1n) is 6.23. The van der Waals surface area contributed by atoms with Crippen molar-refractivity contribution in [2.24, 2.45) is 10.2 Å². The number of carbonyl (C=O) groups excluding carboxylic acids is 2. The van der Waals surface area contributed by atoms with Gasteiger partial charge in [0.25, 0.3) is 5.91 Å². The molecular weight excluding hydrogens is 322 g/mol. The third kappa shape index (κ3) is 4.27. The van der Waals surface area contributed by atoms with Gasteiger partial charge in [0.2, 0.25) is 0 Å². The topological polar surface area (TPSA) is 117 Å². The van der Waals surface area contributed by atoms with Gasteiger partial charge in [-0.15, -0.1) is 5.10 Å². The maximum absolute atomic E-state index is 11.6. The minimum Gasteiger partial charge on any atom is -0.478 e. The fraction of sp³-hybridized carbons (Fsp3) is 0.0714. The Kier molecular flexibility index (Phi) is 5.26. The quantitative estimate of drug-likeness (QED) is 0.367. The van der Waals surface area contributed by atoms with Crippen molar-refractivity contribution < 1.29 is 24.2 Å². The van der Waals surface area contributed by atoms with Gasteiger partial charge in [-0.25, -0.2) is 9.59 Å². The number of thioether (sulfide) groups is 1. The smallest absolute Gasteiger partial charge is 0.336 e. The summed E-state index contributed by atoms with van der Waals surface area (Å²) in [6.07, 6.45) is 2.32. The van der Waals surface area contributed by atoms with Crippen LogP contribution in [0.3, 0.4) is 0 Å². The van der Waals surface area contributed by atoms with Gasteiger partial charge in [0, 0.05) is 11.6 Å². The third-order valence-corrected chi connectivity index (χ3v) is 3.54. The normalized spacial score (nSPS) is 17.7. The van der Waals surface area contributed by atoms with Crippen molar-refractivity contribution in [3.63, 3.8) is 0 Å². The summed E-state index contributed by atoms with van der Waals surface area (Å²) < 4.78 is 4.44. The van der Waals surface area contributed by atoms with E-state index in [4.69, 9.17) is 5.11 Å². The van der Waals surface area contributed by atoms with Crippen molar-refractivity contribution in [1.82, 2.24) is 5.32 Å². The molecule has 1 aromatic carbocycles. The van der Waals surface area contributed by atoms with Crippen molar-refractivity contribution in [2.75, 3.05) is 7.11 Å². The second-order valence-corrected chi connectivity index (χ2v) is 5.16. The number of amides is 1. The first-order chi connectivity index (χ1) is 11.0. The average molecular weight is 333 g/mol. The lowest BCUT2D eigenvalue weighted by atomic mass is 10.1. The van der Waals surface area contributed by atoms with E-state index in [2.05, 4.69) is 20.3 Å². The van der Waals surface area contributed by atoms with Crippen LogP contribution in [0.4, 0.5) is 0 Å². The number of esters is 1. The molecule has 0 saturated carbocycles. The van der Waals surface area contributed by atoms with E-state index in [1.807, 2.05) is 0 Å². The summed E-state index contributed by atoms with van der Waals surface area (Å²) in [6, 6.07) is 6.30. The Morgan fingerprint density at radius 1 is 1.35 bits per heavy atom. The number of ether oxygens (including phenoxy) is 1. The highest BCUT2D eigenvalue weighted by Crippen LogP contribution is 2.23. The van der Waals surface area contributed by atoms with Gasteiger partial charge in [-0.3, -0.25) is 10.1 Å². The number of nitrogens with one attached hydrogen (secondary N) is 1. The molecule has 2 N–H and O–H groups in total. The third-order valence-electron chi connectivity index (χ3n) is 2.64. The zero-order chi connectivity index (χ0) is 16.8. The predicted octanol–water partition coefficient (Wildman–Crippen LogP) is 0.995. The highest BCUT2D eigenvalue weighted by atomic mass is 32.2.